The van der Waals surface area contributed by atoms with Crippen molar-refractivity contribution in [3.63, 3.8) is 0 Å². The monoisotopic (exact) mass is 160 g/mol. The van der Waals surface area contributed by atoms with Crippen LogP contribution < -0.4 is 0 Å². The zero-order valence-electron chi connectivity index (χ0n) is 7.10. The minimum atomic E-state index is 0.451. The fraction of sp³-hybridized carbons (Fsp3) is 1.00. The van der Waals surface area contributed by atoms with Crippen molar-refractivity contribution >= 4 is 11.6 Å². The third-order valence-corrected chi connectivity index (χ3v) is 3.37. The highest BCUT2D eigenvalue weighted by Crippen LogP contribution is 2.38. The number of hydrogen-bond acceptors (Lipinski definition) is 0. The van der Waals surface area contributed by atoms with Crippen molar-refractivity contribution in [2.45, 2.75) is 39.0 Å². The van der Waals surface area contributed by atoms with Crippen molar-refractivity contribution in [1.82, 2.24) is 0 Å². The van der Waals surface area contributed by atoms with Gasteiger partial charge in [-0.3, -0.25) is 0 Å². The van der Waals surface area contributed by atoms with Gasteiger partial charge < -0.3 is 0 Å². The molecular formula is C9H17Cl. The lowest BCUT2D eigenvalue weighted by atomic mass is 9.94. The highest BCUT2D eigenvalue weighted by atomic mass is 35.5. The van der Waals surface area contributed by atoms with Crippen LogP contribution in [0.3, 0.4) is 0 Å². The zero-order valence-corrected chi connectivity index (χ0v) is 7.86. The van der Waals surface area contributed by atoms with E-state index in [4.69, 9.17) is 11.6 Å². The topological polar surface area (TPSA) is 0 Å². The molecule has 60 valence electrons. The van der Waals surface area contributed by atoms with E-state index >= 15 is 0 Å². The first-order chi connectivity index (χ1) is 4.61. The second-order valence-electron chi connectivity index (χ2n) is 3.97. The normalized spacial score (nSPS) is 41.1. The number of alkyl halides is 1. The van der Waals surface area contributed by atoms with Crippen LogP contribution in [0.25, 0.3) is 0 Å². The van der Waals surface area contributed by atoms with E-state index in [0.29, 0.717) is 5.38 Å². The molecule has 0 heterocycles. The summed E-state index contributed by atoms with van der Waals surface area (Å²) in [5.74, 6) is 2.46. The van der Waals surface area contributed by atoms with E-state index in [1.807, 2.05) is 0 Å². The van der Waals surface area contributed by atoms with Gasteiger partial charge in [0.1, 0.15) is 0 Å². The summed E-state index contributed by atoms with van der Waals surface area (Å²) < 4.78 is 0. The lowest BCUT2D eigenvalue weighted by Gasteiger charge is -2.12. The van der Waals surface area contributed by atoms with Crippen molar-refractivity contribution in [2.75, 3.05) is 0 Å². The average Bonchev–Trinajstić information content (AvgIpc) is 2.13. The molecular weight excluding hydrogens is 144 g/mol. The standard InChI is InChI=1S/C9H17Cl/c1-6(2)8-4-7(3)9(10)5-8/h6-9H,4-5H2,1-3H3. The summed E-state index contributed by atoms with van der Waals surface area (Å²) in [6.45, 7) is 6.86. The lowest BCUT2D eigenvalue weighted by Crippen LogP contribution is -2.03. The van der Waals surface area contributed by atoms with Crippen molar-refractivity contribution in [2.24, 2.45) is 17.8 Å². The van der Waals surface area contributed by atoms with Crippen LogP contribution in [-0.2, 0) is 0 Å². The highest BCUT2D eigenvalue weighted by molar-refractivity contribution is 6.20. The number of halogens is 1. The van der Waals surface area contributed by atoms with Gasteiger partial charge in [-0.05, 0) is 30.6 Å². The summed E-state index contributed by atoms with van der Waals surface area (Å²) >= 11 is 6.10. The van der Waals surface area contributed by atoms with E-state index in [9.17, 15) is 0 Å². The van der Waals surface area contributed by atoms with Crippen LogP contribution in [0.1, 0.15) is 33.6 Å². The van der Waals surface area contributed by atoms with E-state index in [1.165, 1.54) is 12.8 Å². The Labute approximate surface area is 69.0 Å². The summed E-state index contributed by atoms with van der Waals surface area (Å²) in [6, 6.07) is 0. The molecule has 3 unspecified atom stereocenters. The van der Waals surface area contributed by atoms with E-state index in [2.05, 4.69) is 20.8 Å². The smallest absolute Gasteiger partial charge is 0.0364 e. The van der Waals surface area contributed by atoms with Gasteiger partial charge in [0.05, 0.1) is 0 Å². The summed E-state index contributed by atoms with van der Waals surface area (Å²) in [5.41, 5.74) is 0. The van der Waals surface area contributed by atoms with Gasteiger partial charge in [0.15, 0.2) is 0 Å². The third kappa shape index (κ3) is 1.66. The second-order valence-corrected chi connectivity index (χ2v) is 4.53. The summed E-state index contributed by atoms with van der Waals surface area (Å²) in [7, 11) is 0. The molecule has 0 bridgehead atoms. The molecule has 1 rings (SSSR count). The van der Waals surface area contributed by atoms with Crippen molar-refractivity contribution in [3.8, 4) is 0 Å². The third-order valence-electron chi connectivity index (χ3n) is 2.76. The van der Waals surface area contributed by atoms with Gasteiger partial charge in [0.2, 0.25) is 0 Å². The summed E-state index contributed by atoms with van der Waals surface area (Å²) in [6.07, 6.45) is 2.58. The Balaban J connectivity index is 2.41. The summed E-state index contributed by atoms with van der Waals surface area (Å²) in [5, 5.41) is 0.451. The molecule has 0 aromatic heterocycles. The Morgan fingerprint density at radius 3 is 2.10 bits per heavy atom. The van der Waals surface area contributed by atoms with Gasteiger partial charge in [0.25, 0.3) is 0 Å². The SMILES string of the molecule is CC(C)C1CC(C)C(Cl)C1. The largest absolute Gasteiger partial charge is 0.123 e. The molecule has 1 fully saturated rings. The molecule has 0 nitrogen and oxygen atoms in total. The maximum Gasteiger partial charge on any atom is 0.0364 e. The predicted octanol–water partition coefficient (Wildman–Crippen LogP) is 3.30. The molecule has 1 aliphatic rings. The molecule has 0 amide bonds. The van der Waals surface area contributed by atoms with Gasteiger partial charge in [-0.1, -0.05) is 20.8 Å². The van der Waals surface area contributed by atoms with Gasteiger partial charge in [-0.2, -0.15) is 0 Å². The fourth-order valence-electron chi connectivity index (χ4n) is 1.79. The maximum atomic E-state index is 6.10. The Bertz CT molecular complexity index is 99.3. The lowest BCUT2D eigenvalue weighted by molar-refractivity contribution is 0.384. The van der Waals surface area contributed by atoms with Crippen LogP contribution in [0.2, 0.25) is 0 Å². The van der Waals surface area contributed by atoms with Gasteiger partial charge >= 0.3 is 0 Å². The Hall–Kier alpha value is 0.290. The quantitative estimate of drug-likeness (QED) is 0.517. The summed E-state index contributed by atoms with van der Waals surface area (Å²) in [4.78, 5) is 0. The van der Waals surface area contributed by atoms with Crippen molar-refractivity contribution < 1.29 is 0 Å². The van der Waals surface area contributed by atoms with E-state index < -0.39 is 0 Å². The molecule has 0 radical (unpaired) electrons. The number of rotatable bonds is 1. The first-order valence-corrected chi connectivity index (χ1v) is 4.69. The first kappa shape index (κ1) is 8.39. The second kappa shape index (κ2) is 3.13. The van der Waals surface area contributed by atoms with Gasteiger partial charge in [0, 0.05) is 5.38 Å². The molecule has 1 saturated carbocycles. The molecule has 0 aromatic carbocycles. The minimum Gasteiger partial charge on any atom is -0.123 e. The van der Waals surface area contributed by atoms with E-state index in [-0.39, 0.29) is 0 Å². The Morgan fingerprint density at radius 2 is 1.90 bits per heavy atom. The zero-order chi connectivity index (χ0) is 7.72. The first-order valence-electron chi connectivity index (χ1n) is 4.25. The van der Waals surface area contributed by atoms with Crippen molar-refractivity contribution in [3.05, 3.63) is 0 Å². The Kier molecular flexibility index (Phi) is 2.62. The molecule has 0 aliphatic heterocycles. The molecule has 0 N–H and O–H groups in total. The van der Waals surface area contributed by atoms with Crippen molar-refractivity contribution in [1.29, 1.82) is 0 Å². The molecule has 3 atom stereocenters. The Morgan fingerprint density at radius 1 is 1.30 bits per heavy atom. The van der Waals surface area contributed by atoms with Gasteiger partial charge in [-0.25, -0.2) is 0 Å². The van der Waals surface area contributed by atoms with Crippen LogP contribution in [0.4, 0.5) is 0 Å². The average molecular weight is 161 g/mol. The minimum absolute atomic E-state index is 0.451. The maximum absolute atomic E-state index is 6.10. The predicted molar refractivity (Wildman–Crippen MR) is 46.4 cm³/mol. The van der Waals surface area contributed by atoms with Gasteiger partial charge in [-0.15, -0.1) is 11.6 Å². The number of hydrogen-bond donors (Lipinski definition) is 0. The molecule has 1 aliphatic carbocycles. The molecule has 1 heteroatoms. The fourth-order valence-corrected chi connectivity index (χ4v) is 2.12. The van der Waals surface area contributed by atoms with E-state index in [1.54, 1.807) is 0 Å². The molecule has 10 heavy (non-hydrogen) atoms. The van der Waals surface area contributed by atoms with Crippen LogP contribution >= 0.6 is 11.6 Å². The molecule has 0 spiro atoms. The van der Waals surface area contributed by atoms with Crippen LogP contribution in [0, 0.1) is 17.8 Å². The highest BCUT2D eigenvalue weighted by Gasteiger charge is 2.30. The molecule has 0 aromatic rings. The van der Waals surface area contributed by atoms with Crippen LogP contribution in [0.15, 0.2) is 0 Å². The molecule has 0 saturated heterocycles. The van der Waals surface area contributed by atoms with Crippen LogP contribution in [0.5, 0.6) is 0 Å². The van der Waals surface area contributed by atoms with E-state index in [0.717, 1.165) is 17.8 Å². The van der Waals surface area contributed by atoms with Crippen LogP contribution in [-0.4, -0.2) is 5.38 Å².